The molecule has 103 heavy (non-hydrogen) atoms. The molecular formula is C71H88Br2N8O22. The summed E-state index contributed by atoms with van der Waals surface area (Å²) in [6.07, 6.45) is 2.55. The lowest BCUT2D eigenvalue weighted by molar-refractivity contribution is -0.395. The number of ether oxygens (including phenoxy) is 10. The van der Waals surface area contributed by atoms with Crippen LogP contribution in [0.25, 0.3) is 12.2 Å². The summed E-state index contributed by atoms with van der Waals surface area (Å²) in [5, 5.41) is 5.72. The van der Waals surface area contributed by atoms with Gasteiger partial charge in [0.2, 0.25) is 17.5 Å². The Labute approximate surface area is 614 Å². The van der Waals surface area contributed by atoms with Crippen molar-refractivity contribution in [3.8, 4) is 0 Å². The number of methoxy groups -OCH3 is 10. The number of halogens is 2. The molecule has 2 amide bonds. The highest BCUT2D eigenvalue weighted by atomic mass is 79.9. The van der Waals surface area contributed by atoms with Crippen molar-refractivity contribution in [3.63, 3.8) is 0 Å². The number of H-pyrrole nitrogens is 4. The summed E-state index contributed by atoms with van der Waals surface area (Å²) in [6.45, 7) is 0.398. The molecule has 0 aliphatic carbocycles. The highest BCUT2D eigenvalue weighted by Crippen LogP contribution is 2.37. The predicted molar refractivity (Wildman–Crippen MR) is 355 cm³/mol. The zero-order valence-electron chi connectivity index (χ0n) is 59.3. The van der Waals surface area contributed by atoms with Gasteiger partial charge in [0, 0.05) is 114 Å². The van der Waals surface area contributed by atoms with Crippen LogP contribution in [0.1, 0.15) is 154 Å². The van der Waals surface area contributed by atoms with Gasteiger partial charge in [0.05, 0.1) is 147 Å². The van der Waals surface area contributed by atoms with Gasteiger partial charge < -0.3 is 112 Å². The van der Waals surface area contributed by atoms with E-state index in [2.05, 4.69) is 40.6 Å². The zero-order valence-corrected chi connectivity index (χ0v) is 62.5. The van der Waals surface area contributed by atoms with E-state index in [-0.39, 0.29) is 194 Å². The number of aromatic nitrogens is 4. The molecule has 0 bridgehead atoms. The van der Waals surface area contributed by atoms with Gasteiger partial charge in [-0.1, -0.05) is 0 Å². The lowest BCUT2D eigenvalue weighted by Crippen LogP contribution is -3.00. The molecule has 2 unspecified atom stereocenters. The Hall–Kier alpha value is -9.72. The Morgan fingerprint density at radius 3 is 1.24 bits per heavy atom. The predicted octanol–water partition coefficient (Wildman–Crippen LogP) is -5.41. The lowest BCUT2D eigenvalue weighted by Gasteiger charge is -2.17. The van der Waals surface area contributed by atoms with Crippen molar-refractivity contribution in [2.75, 3.05) is 71.1 Å². The number of nitrogens with one attached hydrogen (secondary N) is 8. The second-order valence-electron chi connectivity index (χ2n) is 24.6. The molecule has 0 saturated heterocycles. The summed E-state index contributed by atoms with van der Waals surface area (Å²) in [6, 6.07) is 0. The third-order valence-electron chi connectivity index (χ3n) is 18.9. The average molecular weight is 1570 g/mol. The van der Waals surface area contributed by atoms with Crippen molar-refractivity contribution >= 4 is 95.1 Å². The number of carbonyl (C=O) groups excluding carboxylic acids is 12. The summed E-state index contributed by atoms with van der Waals surface area (Å²) < 4.78 is 51.6. The van der Waals surface area contributed by atoms with Gasteiger partial charge in [0.1, 0.15) is 0 Å². The largest absolute Gasteiger partial charge is 1.00 e. The van der Waals surface area contributed by atoms with E-state index in [0.717, 1.165) is 28.1 Å². The SMILES string of the molecule is COC(=O)CCC1=C(CC(=O)OC)C(Cc2[nH]c(/C=C3/[NH+]=C(Cc4[nH]c5c(c4CCC(=O)OC)CC(=O)NC5)C(CC(=O)OC)C3CCC(=O)OC)c(CCC(=O)OC)c2CC(=O)OC)=[NH+]/C1=C/c1[nH]c(Cc2[nH]c3c(c2CCC(=O)OC)CC(=O)NC3)c(CC(=O)OC)c1CCC(=O)OC.[Br-].[Br-]. The molecule has 0 fully saturated rings. The monoisotopic (exact) mass is 1560 g/mol. The maximum Gasteiger partial charge on any atom is 0.310 e. The second kappa shape index (κ2) is 38.5. The first-order valence-corrected chi connectivity index (χ1v) is 33.0. The van der Waals surface area contributed by atoms with Crippen molar-refractivity contribution in [1.82, 2.24) is 30.6 Å². The molecule has 0 spiro atoms. The standard InChI is InChI=1S/C71H86N8O22.2BrH/c1-92-62(82)17-11-36-42-23-60(80)72-34-58(42)78-52(36)31-54-44(25-68(88)98-7)38(13-19-64(84)94-3)48(74-54)29-50-40(15-21-66(86)96-5)46(27-70(90)100-9)56(76-50)33-57-47(28-71(91)101-10)41(16-22-67(87)97-6)51(77-57)30-49-39(14-20-65(85)95-4)45(26-69(89)99-8)55(75-49)32-53-37(12-18-63(83)93-2)43-24-61(81)73-35-59(43)79-53;;/h29-30,38,44,75-76,78-79H,11-28,31-35H2,1-10H3,(H,72,80)(H,73,81);2*1H/b48-29+,51-30+;;. The minimum Gasteiger partial charge on any atom is -1.00 e. The van der Waals surface area contributed by atoms with Crippen molar-refractivity contribution in [3.05, 3.63) is 113 Å². The molecule has 8 rings (SSSR count). The number of amides is 2. The Balaban J connectivity index is 0.00000833. The molecule has 0 radical (unpaired) electrons. The van der Waals surface area contributed by atoms with Crippen LogP contribution in [0.3, 0.4) is 0 Å². The van der Waals surface area contributed by atoms with Crippen LogP contribution in [0.5, 0.6) is 0 Å². The van der Waals surface area contributed by atoms with E-state index < -0.39 is 71.5 Å². The van der Waals surface area contributed by atoms with E-state index in [1.54, 1.807) is 12.2 Å². The number of allylic oxidation sites excluding steroid dienone is 2. The first-order valence-electron chi connectivity index (χ1n) is 33.0. The highest BCUT2D eigenvalue weighted by molar-refractivity contribution is 6.04. The third kappa shape index (κ3) is 20.8. The Morgan fingerprint density at radius 2 is 0.786 bits per heavy atom. The fourth-order valence-electron chi connectivity index (χ4n) is 13.7. The average Bonchev–Trinajstić information content (AvgIpc) is 1.62. The van der Waals surface area contributed by atoms with Crippen molar-refractivity contribution in [2.24, 2.45) is 11.8 Å². The normalized spacial score (nSPS) is 15.8. The Kier molecular flexibility index (Phi) is 30.8. The smallest absolute Gasteiger partial charge is 0.310 e. The summed E-state index contributed by atoms with van der Waals surface area (Å²) >= 11 is 0. The van der Waals surface area contributed by atoms with Crippen LogP contribution in [-0.2, 0) is 189 Å². The molecule has 30 nitrogen and oxygen atoms in total. The Bertz CT molecular complexity index is 4080. The van der Waals surface area contributed by atoms with Crippen LogP contribution >= 0.6 is 0 Å². The van der Waals surface area contributed by atoms with E-state index in [1.807, 2.05) is 0 Å². The van der Waals surface area contributed by atoms with Crippen LogP contribution in [0.2, 0.25) is 0 Å². The molecule has 4 aromatic heterocycles. The van der Waals surface area contributed by atoms with Crippen LogP contribution in [0, 0.1) is 11.8 Å². The molecule has 8 heterocycles. The van der Waals surface area contributed by atoms with Crippen LogP contribution in [0.4, 0.5) is 0 Å². The van der Waals surface area contributed by atoms with E-state index >= 15 is 0 Å². The quantitative estimate of drug-likeness (QED) is 0.0160. The summed E-state index contributed by atoms with van der Waals surface area (Å²) in [4.78, 5) is 180. The van der Waals surface area contributed by atoms with Crippen molar-refractivity contribution in [1.29, 1.82) is 0 Å². The minimum atomic E-state index is -0.671. The van der Waals surface area contributed by atoms with E-state index in [4.69, 9.17) is 47.4 Å². The van der Waals surface area contributed by atoms with E-state index in [0.29, 0.717) is 95.9 Å². The maximum absolute atomic E-state index is 13.8. The first kappa shape index (κ1) is 82.2. The van der Waals surface area contributed by atoms with Gasteiger partial charge in [-0.05, 0) is 83.0 Å². The van der Waals surface area contributed by atoms with Crippen LogP contribution < -0.4 is 54.6 Å². The molecule has 4 aliphatic heterocycles. The topological polar surface area (TPSA) is 412 Å². The molecule has 0 aromatic carbocycles. The minimum absolute atomic E-state index is 0. The summed E-state index contributed by atoms with van der Waals surface area (Å²) in [7, 11) is 12.5. The summed E-state index contributed by atoms with van der Waals surface area (Å²) in [5.41, 5.74) is 11.9. The number of aromatic amines is 4. The number of rotatable bonds is 34. The number of fused-ring (bicyclic) bond motifs is 2. The van der Waals surface area contributed by atoms with Gasteiger partial charge in [-0.2, -0.15) is 0 Å². The fourth-order valence-corrected chi connectivity index (χ4v) is 13.7. The van der Waals surface area contributed by atoms with Gasteiger partial charge in [0.25, 0.3) is 0 Å². The Morgan fingerprint density at radius 1 is 0.398 bits per heavy atom. The van der Waals surface area contributed by atoms with Gasteiger partial charge in [-0.25, -0.2) is 9.98 Å². The highest BCUT2D eigenvalue weighted by Gasteiger charge is 2.45. The zero-order chi connectivity index (χ0) is 73.2. The third-order valence-corrected chi connectivity index (χ3v) is 18.9. The van der Waals surface area contributed by atoms with Crippen molar-refractivity contribution < 1.29 is 149 Å². The lowest BCUT2D eigenvalue weighted by atomic mass is 9.81. The van der Waals surface area contributed by atoms with Gasteiger partial charge in [0.15, 0.2) is 17.1 Å². The van der Waals surface area contributed by atoms with Crippen LogP contribution in [0.15, 0.2) is 22.5 Å². The number of hydrogen-bond acceptors (Lipinski definition) is 22. The molecule has 4 aliphatic rings. The molecule has 558 valence electrons. The maximum atomic E-state index is 13.8. The van der Waals surface area contributed by atoms with E-state index in [1.165, 1.54) is 71.1 Å². The number of esters is 10. The van der Waals surface area contributed by atoms with Gasteiger partial charge >= 0.3 is 59.7 Å². The van der Waals surface area contributed by atoms with Crippen LogP contribution in [-0.4, -0.2) is 174 Å². The fraction of sp³-hybridized carbons (Fsp3) is 0.493. The number of carbonyl (C=O) groups is 12. The summed E-state index contributed by atoms with van der Waals surface area (Å²) in [5.74, 6) is -7.41. The van der Waals surface area contributed by atoms with Crippen molar-refractivity contribution in [2.45, 2.75) is 148 Å². The molecule has 4 aromatic rings. The van der Waals surface area contributed by atoms with E-state index in [9.17, 15) is 57.5 Å². The second-order valence-corrected chi connectivity index (χ2v) is 24.6. The number of hydrogen-bond donors (Lipinski definition) is 8. The van der Waals surface area contributed by atoms with Gasteiger partial charge in [-0.3, -0.25) is 57.5 Å². The first-order chi connectivity index (χ1) is 48.5. The molecule has 2 atom stereocenters. The molecule has 8 N–H and O–H groups in total. The van der Waals surface area contributed by atoms with Gasteiger partial charge in [-0.15, -0.1) is 0 Å². The molecule has 32 heteroatoms. The molecular weight excluding hydrogens is 1480 g/mol. The molecule has 0 saturated carbocycles.